The molecule has 0 N–H and O–H groups in total. The van der Waals surface area contributed by atoms with E-state index in [2.05, 4.69) is 66.2 Å². The summed E-state index contributed by atoms with van der Waals surface area (Å²) in [4.78, 5) is 20.6. The van der Waals surface area contributed by atoms with Crippen LogP contribution < -0.4 is 0 Å². The van der Waals surface area contributed by atoms with Crippen LogP contribution in [0.3, 0.4) is 0 Å². The minimum atomic E-state index is -0.519. The summed E-state index contributed by atoms with van der Waals surface area (Å²) in [6.07, 6.45) is 6.10. The van der Waals surface area contributed by atoms with E-state index in [1.54, 1.807) is 0 Å². The van der Waals surface area contributed by atoms with Crippen molar-refractivity contribution in [2.45, 2.75) is 38.5 Å². The highest BCUT2D eigenvalue weighted by atomic mass is 16.5. The molecule has 3 aromatic rings. The minimum Gasteiger partial charge on any atom is -0.381 e. The molecule has 0 unspecified atom stereocenters. The number of aryl methyl sites for hydroxylation is 2. The second-order valence-corrected chi connectivity index (χ2v) is 9.98. The maximum absolute atomic E-state index is 14.3. The third kappa shape index (κ3) is 4.59. The van der Waals surface area contributed by atoms with E-state index in [1.807, 2.05) is 12.4 Å². The van der Waals surface area contributed by atoms with Gasteiger partial charge in [-0.1, -0.05) is 47.5 Å². The van der Waals surface area contributed by atoms with Gasteiger partial charge in [0.1, 0.15) is 0 Å². The van der Waals surface area contributed by atoms with Crippen molar-refractivity contribution in [3.8, 4) is 0 Å². The largest absolute Gasteiger partial charge is 0.381 e. The molecular weight excluding hydrogens is 424 g/mol. The number of nitrogens with zero attached hydrogens (tertiary/aromatic N) is 2. The van der Waals surface area contributed by atoms with Crippen LogP contribution in [0.25, 0.3) is 10.8 Å². The number of fused-ring (bicyclic) bond motifs is 1. The van der Waals surface area contributed by atoms with Gasteiger partial charge >= 0.3 is 0 Å². The summed E-state index contributed by atoms with van der Waals surface area (Å²) >= 11 is 0. The molecule has 5 rings (SSSR count). The lowest BCUT2D eigenvalue weighted by molar-refractivity contribution is -0.141. The molecule has 5 heteroatoms. The predicted molar refractivity (Wildman–Crippen MR) is 134 cm³/mol. The number of hydrogen-bond donors (Lipinski definition) is 0. The van der Waals surface area contributed by atoms with Gasteiger partial charge < -0.3 is 14.4 Å². The Hall–Kier alpha value is -2.76. The molecule has 0 radical (unpaired) electrons. The van der Waals surface area contributed by atoms with Crippen LogP contribution >= 0.6 is 0 Å². The molecule has 2 fully saturated rings. The number of amides is 1. The van der Waals surface area contributed by atoms with Gasteiger partial charge in [0.2, 0.25) is 5.91 Å². The van der Waals surface area contributed by atoms with Crippen molar-refractivity contribution in [2.75, 3.05) is 39.5 Å². The molecular formula is C29H34N2O3. The van der Waals surface area contributed by atoms with Crippen molar-refractivity contribution in [3.05, 3.63) is 77.1 Å². The number of benzene rings is 2. The second kappa shape index (κ2) is 9.85. The molecule has 2 aliphatic rings. The number of carbonyl (C=O) groups excluding carboxylic acids is 1. The van der Waals surface area contributed by atoms with E-state index in [0.717, 1.165) is 30.2 Å². The molecule has 1 aromatic heterocycles. The molecule has 5 nitrogen and oxygen atoms in total. The van der Waals surface area contributed by atoms with Crippen LogP contribution in [-0.4, -0.2) is 55.3 Å². The second-order valence-electron chi connectivity index (χ2n) is 9.98. The van der Waals surface area contributed by atoms with Gasteiger partial charge in [0.05, 0.1) is 18.6 Å². The van der Waals surface area contributed by atoms with Gasteiger partial charge in [0.25, 0.3) is 0 Å². The fourth-order valence-electron chi connectivity index (χ4n) is 5.77. The van der Waals surface area contributed by atoms with Crippen LogP contribution in [0.1, 0.15) is 35.1 Å². The summed E-state index contributed by atoms with van der Waals surface area (Å²) in [5.74, 6) is 0.486. The van der Waals surface area contributed by atoms with Crippen molar-refractivity contribution in [3.63, 3.8) is 0 Å². The van der Waals surface area contributed by atoms with Crippen LogP contribution in [0.15, 0.2) is 54.9 Å². The first-order chi connectivity index (χ1) is 16.5. The number of pyridine rings is 1. The van der Waals surface area contributed by atoms with Crippen LogP contribution in [0.2, 0.25) is 0 Å². The summed E-state index contributed by atoms with van der Waals surface area (Å²) in [5.41, 5.74) is 4.32. The highest BCUT2D eigenvalue weighted by Gasteiger charge is 2.44. The lowest BCUT2D eigenvalue weighted by atomic mass is 9.72. The lowest BCUT2D eigenvalue weighted by Crippen LogP contribution is -2.51. The molecule has 3 heterocycles. The quantitative estimate of drug-likeness (QED) is 0.573. The molecule has 0 spiro atoms. The summed E-state index contributed by atoms with van der Waals surface area (Å²) in [6, 6.07) is 15.0. The Kier molecular flexibility index (Phi) is 6.66. The number of aromatic nitrogens is 1. The van der Waals surface area contributed by atoms with Gasteiger partial charge in [0, 0.05) is 50.0 Å². The van der Waals surface area contributed by atoms with E-state index in [-0.39, 0.29) is 11.8 Å². The van der Waals surface area contributed by atoms with Crippen LogP contribution in [0.4, 0.5) is 0 Å². The fourth-order valence-corrected chi connectivity index (χ4v) is 5.77. The zero-order valence-corrected chi connectivity index (χ0v) is 20.3. The summed E-state index contributed by atoms with van der Waals surface area (Å²) < 4.78 is 11.7. The Bertz CT molecular complexity index is 1140. The maximum atomic E-state index is 14.3. The van der Waals surface area contributed by atoms with E-state index in [4.69, 9.17) is 9.47 Å². The molecule has 34 heavy (non-hydrogen) atoms. The third-order valence-corrected chi connectivity index (χ3v) is 7.43. The van der Waals surface area contributed by atoms with E-state index in [0.29, 0.717) is 39.5 Å². The molecule has 2 aromatic carbocycles. The molecule has 1 amide bonds. The molecule has 178 valence electrons. The number of hydrogen-bond acceptors (Lipinski definition) is 4. The van der Waals surface area contributed by atoms with E-state index < -0.39 is 5.41 Å². The van der Waals surface area contributed by atoms with Crippen LogP contribution in [-0.2, 0) is 26.1 Å². The highest BCUT2D eigenvalue weighted by Crippen LogP contribution is 2.38. The SMILES string of the molecule is Cc1cc(C)cc(C2(C(=O)N3CCOC[C@H](Cc4cccc5cnccc45)C3)CCOCC2)c1. The zero-order chi connectivity index (χ0) is 23.5. The Balaban J connectivity index is 1.42. The van der Waals surface area contributed by atoms with Gasteiger partial charge in [-0.15, -0.1) is 0 Å². The summed E-state index contributed by atoms with van der Waals surface area (Å²) in [7, 11) is 0. The first-order valence-corrected chi connectivity index (χ1v) is 12.4. The standard InChI is InChI=1S/C29H34N2O3/c1-21-14-22(2)16-26(15-21)29(7-11-33-12-8-29)28(32)31-10-13-34-20-23(19-31)17-24-4-3-5-25-18-30-9-6-27(24)25/h3-6,9,14-16,18,23H,7-8,10-13,17,19-20H2,1-2H3/t23-/m1/s1. The average molecular weight is 459 g/mol. The monoisotopic (exact) mass is 458 g/mol. The van der Waals surface area contributed by atoms with Crippen LogP contribution in [0, 0.1) is 19.8 Å². The Morgan fingerprint density at radius 1 is 1.06 bits per heavy atom. The molecule has 2 saturated heterocycles. The third-order valence-electron chi connectivity index (χ3n) is 7.43. The topological polar surface area (TPSA) is 51.7 Å². The normalized spacial score (nSPS) is 20.8. The van der Waals surface area contributed by atoms with Crippen molar-refractivity contribution in [1.82, 2.24) is 9.88 Å². The first kappa shape index (κ1) is 23.0. The number of carbonyl (C=O) groups is 1. The molecule has 0 bridgehead atoms. The van der Waals surface area contributed by atoms with Crippen molar-refractivity contribution in [1.29, 1.82) is 0 Å². The Morgan fingerprint density at radius 3 is 2.65 bits per heavy atom. The smallest absolute Gasteiger partial charge is 0.233 e. The average Bonchev–Trinajstić information content (AvgIpc) is 3.09. The van der Waals surface area contributed by atoms with Gasteiger partial charge in [-0.2, -0.15) is 0 Å². The Morgan fingerprint density at radius 2 is 1.85 bits per heavy atom. The van der Waals surface area contributed by atoms with E-state index in [1.165, 1.54) is 22.1 Å². The van der Waals surface area contributed by atoms with Gasteiger partial charge in [-0.25, -0.2) is 0 Å². The highest BCUT2D eigenvalue weighted by molar-refractivity contribution is 5.89. The zero-order valence-electron chi connectivity index (χ0n) is 20.3. The first-order valence-electron chi connectivity index (χ1n) is 12.4. The predicted octanol–water partition coefficient (Wildman–Crippen LogP) is 4.62. The fraction of sp³-hybridized carbons (Fsp3) is 0.448. The van der Waals surface area contributed by atoms with Crippen molar-refractivity contribution < 1.29 is 14.3 Å². The summed E-state index contributed by atoms with van der Waals surface area (Å²) in [6.45, 7) is 8.09. The van der Waals surface area contributed by atoms with E-state index >= 15 is 0 Å². The number of ether oxygens (including phenoxy) is 2. The van der Waals surface area contributed by atoms with Gasteiger partial charge in [-0.05, 0) is 55.7 Å². The van der Waals surface area contributed by atoms with Crippen LogP contribution in [0.5, 0.6) is 0 Å². The molecule has 1 atom stereocenters. The van der Waals surface area contributed by atoms with E-state index in [9.17, 15) is 4.79 Å². The Labute approximate surface area is 202 Å². The molecule has 0 aliphatic carbocycles. The minimum absolute atomic E-state index is 0.235. The molecule has 0 saturated carbocycles. The lowest BCUT2D eigenvalue weighted by Gasteiger charge is -2.40. The van der Waals surface area contributed by atoms with Gasteiger partial charge in [-0.3, -0.25) is 9.78 Å². The van der Waals surface area contributed by atoms with Crippen molar-refractivity contribution >= 4 is 16.7 Å². The molecule has 2 aliphatic heterocycles. The van der Waals surface area contributed by atoms with Crippen molar-refractivity contribution in [2.24, 2.45) is 5.92 Å². The van der Waals surface area contributed by atoms with Gasteiger partial charge in [0.15, 0.2) is 0 Å². The number of rotatable bonds is 4. The summed E-state index contributed by atoms with van der Waals surface area (Å²) in [5, 5.41) is 2.38. The maximum Gasteiger partial charge on any atom is 0.233 e.